The van der Waals surface area contributed by atoms with E-state index in [-0.39, 0.29) is 12.0 Å². The van der Waals surface area contributed by atoms with Gasteiger partial charge in [-0.25, -0.2) is 0 Å². The fraction of sp³-hybridized carbons (Fsp3) is 0.700. The molecular formula is C10H15N3O2S. The molecule has 16 heavy (non-hydrogen) atoms. The molecule has 1 aromatic heterocycles. The normalized spacial score (nSPS) is 20.0. The van der Waals surface area contributed by atoms with Crippen molar-refractivity contribution in [1.29, 1.82) is 0 Å². The molecule has 6 heteroatoms. The Hall–Kier alpha value is -1.01. The van der Waals surface area contributed by atoms with E-state index >= 15 is 0 Å². The van der Waals surface area contributed by atoms with Crippen LogP contribution in [0.4, 0.5) is 5.13 Å². The van der Waals surface area contributed by atoms with Crippen LogP contribution in [-0.2, 0) is 9.53 Å². The van der Waals surface area contributed by atoms with Gasteiger partial charge in [0.2, 0.25) is 11.0 Å². The van der Waals surface area contributed by atoms with E-state index in [1.807, 2.05) is 6.92 Å². The summed E-state index contributed by atoms with van der Waals surface area (Å²) in [5.41, 5.74) is 0. The Labute approximate surface area is 98.4 Å². The van der Waals surface area contributed by atoms with Gasteiger partial charge >= 0.3 is 0 Å². The second-order valence-electron chi connectivity index (χ2n) is 3.90. The average molecular weight is 241 g/mol. The van der Waals surface area contributed by atoms with Crippen molar-refractivity contribution in [2.45, 2.75) is 32.3 Å². The first-order valence-electron chi connectivity index (χ1n) is 5.35. The number of carbonyl (C=O) groups excluding carboxylic acids is 1. The van der Waals surface area contributed by atoms with E-state index in [0.29, 0.717) is 11.6 Å². The Bertz CT molecular complexity index is 374. The largest absolute Gasteiger partial charge is 0.378 e. The van der Waals surface area contributed by atoms with Gasteiger partial charge in [-0.3, -0.25) is 9.69 Å². The zero-order chi connectivity index (χ0) is 11.5. The number of anilines is 1. The highest BCUT2D eigenvalue weighted by Gasteiger charge is 2.22. The van der Waals surface area contributed by atoms with Gasteiger partial charge in [-0.05, 0) is 19.8 Å². The summed E-state index contributed by atoms with van der Waals surface area (Å²) in [7, 11) is 1.73. The van der Waals surface area contributed by atoms with E-state index in [9.17, 15) is 4.79 Å². The van der Waals surface area contributed by atoms with Crippen molar-refractivity contribution in [1.82, 2.24) is 10.2 Å². The quantitative estimate of drug-likeness (QED) is 0.802. The molecule has 0 radical (unpaired) electrons. The Morgan fingerprint density at radius 2 is 2.44 bits per heavy atom. The van der Waals surface area contributed by atoms with Crippen LogP contribution in [0.1, 0.15) is 24.3 Å². The Balaban J connectivity index is 1.93. The van der Waals surface area contributed by atoms with Crippen molar-refractivity contribution in [3.63, 3.8) is 0 Å². The maximum absolute atomic E-state index is 11.9. The van der Waals surface area contributed by atoms with E-state index in [0.717, 1.165) is 24.5 Å². The Morgan fingerprint density at radius 3 is 3.00 bits per heavy atom. The summed E-state index contributed by atoms with van der Waals surface area (Å²) in [5, 5.41) is 9.36. The fourth-order valence-electron chi connectivity index (χ4n) is 1.67. The summed E-state index contributed by atoms with van der Waals surface area (Å²) in [6.45, 7) is 2.65. The van der Waals surface area contributed by atoms with Gasteiger partial charge in [-0.1, -0.05) is 11.3 Å². The maximum atomic E-state index is 11.9. The van der Waals surface area contributed by atoms with Gasteiger partial charge in [0.25, 0.3) is 0 Å². The second-order valence-corrected chi connectivity index (χ2v) is 5.06. The Kier molecular flexibility index (Phi) is 3.50. The number of ether oxygens (including phenoxy) is 1. The van der Waals surface area contributed by atoms with Gasteiger partial charge in [0.1, 0.15) is 5.01 Å². The molecule has 0 aliphatic carbocycles. The van der Waals surface area contributed by atoms with Gasteiger partial charge in [0, 0.05) is 13.7 Å². The summed E-state index contributed by atoms with van der Waals surface area (Å²) in [5.74, 6) is 0.0445. The average Bonchev–Trinajstić information content (AvgIpc) is 2.88. The monoisotopic (exact) mass is 241 g/mol. The summed E-state index contributed by atoms with van der Waals surface area (Å²) >= 11 is 1.42. The lowest BCUT2D eigenvalue weighted by Crippen LogP contribution is -2.29. The number of hydrogen-bond donors (Lipinski definition) is 0. The number of aromatic nitrogens is 2. The molecule has 88 valence electrons. The molecule has 0 N–H and O–H groups in total. The van der Waals surface area contributed by atoms with Gasteiger partial charge in [0.15, 0.2) is 0 Å². The first kappa shape index (κ1) is 11.5. The zero-order valence-corrected chi connectivity index (χ0v) is 10.3. The predicted molar refractivity (Wildman–Crippen MR) is 61.6 cm³/mol. The molecule has 1 fully saturated rings. The molecule has 1 saturated heterocycles. The van der Waals surface area contributed by atoms with Crippen molar-refractivity contribution < 1.29 is 9.53 Å². The Morgan fingerprint density at radius 1 is 1.62 bits per heavy atom. The number of aryl methyl sites for hydroxylation is 1. The number of hydrogen-bond acceptors (Lipinski definition) is 5. The van der Waals surface area contributed by atoms with Crippen LogP contribution in [0.25, 0.3) is 0 Å². The lowest BCUT2D eigenvalue weighted by molar-refractivity contribution is -0.120. The van der Waals surface area contributed by atoms with Crippen LogP contribution >= 0.6 is 11.3 Å². The molecule has 0 saturated carbocycles. The lowest BCUT2D eigenvalue weighted by Gasteiger charge is -2.15. The van der Waals surface area contributed by atoms with Crippen molar-refractivity contribution in [2.75, 3.05) is 18.6 Å². The van der Waals surface area contributed by atoms with Gasteiger partial charge in [0.05, 0.1) is 12.5 Å². The van der Waals surface area contributed by atoms with Crippen molar-refractivity contribution >= 4 is 22.4 Å². The first-order chi connectivity index (χ1) is 7.66. The molecule has 0 spiro atoms. The number of rotatable bonds is 3. The SMILES string of the molecule is Cc1nnc(N(C)C(=O)CC2CCCO2)s1. The van der Waals surface area contributed by atoms with Crippen molar-refractivity contribution in [2.24, 2.45) is 0 Å². The lowest BCUT2D eigenvalue weighted by atomic mass is 10.2. The van der Waals surface area contributed by atoms with Crippen LogP contribution < -0.4 is 4.90 Å². The molecule has 1 unspecified atom stereocenters. The van der Waals surface area contributed by atoms with Crippen LogP contribution in [-0.4, -0.2) is 35.9 Å². The molecule has 2 heterocycles. The molecule has 1 amide bonds. The predicted octanol–water partition coefficient (Wildman–Crippen LogP) is 1.38. The molecule has 1 aliphatic heterocycles. The smallest absolute Gasteiger partial charge is 0.231 e. The minimum absolute atomic E-state index is 0.0445. The van der Waals surface area contributed by atoms with E-state index in [4.69, 9.17) is 4.74 Å². The summed E-state index contributed by atoms with van der Waals surface area (Å²) < 4.78 is 5.43. The second kappa shape index (κ2) is 4.88. The topological polar surface area (TPSA) is 55.3 Å². The maximum Gasteiger partial charge on any atom is 0.231 e. The molecule has 2 rings (SSSR count). The number of amides is 1. The number of nitrogens with zero attached hydrogens (tertiary/aromatic N) is 3. The summed E-state index contributed by atoms with van der Waals surface area (Å²) in [4.78, 5) is 13.5. The molecule has 5 nitrogen and oxygen atoms in total. The van der Waals surface area contributed by atoms with Gasteiger partial charge in [-0.2, -0.15) is 0 Å². The highest BCUT2D eigenvalue weighted by Crippen LogP contribution is 2.21. The van der Waals surface area contributed by atoms with E-state index < -0.39 is 0 Å². The van der Waals surface area contributed by atoms with E-state index in [1.54, 1.807) is 11.9 Å². The van der Waals surface area contributed by atoms with Crippen molar-refractivity contribution in [3.05, 3.63) is 5.01 Å². The zero-order valence-electron chi connectivity index (χ0n) is 9.47. The van der Waals surface area contributed by atoms with Crippen LogP contribution in [0.15, 0.2) is 0 Å². The fourth-order valence-corrected chi connectivity index (χ4v) is 2.33. The molecule has 0 bridgehead atoms. The van der Waals surface area contributed by atoms with Crippen LogP contribution in [0.2, 0.25) is 0 Å². The number of carbonyl (C=O) groups is 1. The van der Waals surface area contributed by atoms with E-state index in [2.05, 4.69) is 10.2 Å². The molecule has 1 atom stereocenters. The minimum Gasteiger partial charge on any atom is -0.378 e. The van der Waals surface area contributed by atoms with Crippen LogP contribution in [0, 0.1) is 6.92 Å². The third-order valence-corrected chi connectivity index (χ3v) is 3.52. The minimum atomic E-state index is 0.0445. The van der Waals surface area contributed by atoms with Gasteiger partial charge < -0.3 is 4.74 Å². The third-order valence-electron chi connectivity index (χ3n) is 2.60. The van der Waals surface area contributed by atoms with Crippen LogP contribution in [0.5, 0.6) is 0 Å². The summed E-state index contributed by atoms with van der Waals surface area (Å²) in [6, 6.07) is 0. The molecule has 1 aliphatic rings. The highest BCUT2D eigenvalue weighted by molar-refractivity contribution is 7.15. The molecular weight excluding hydrogens is 226 g/mol. The molecule has 0 aromatic carbocycles. The van der Waals surface area contributed by atoms with Crippen LogP contribution in [0.3, 0.4) is 0 Å². The van der Waals surface area contributed by atoms with Gasteiger partial charge in [-0.15, -0.1) is 10.2 Å². The molecule has 1 aromatic rings. The van der Waals surface area contributed by atoms with E-state index in [1.165, 1.54) is 11.3 Å². The third kappa shape index (κ3) is 2.56. The standard InChI is InChI=1S/C10H15N3O2S/c1-7-11-12-10(16-7)13(2)9(14)6-8-4-3-5-15-8/h8H,3-6H2,1-2H3. The highest BCUT2D eigenvalue weighted by atomic mass is 32.1. The van der Waals surface area contributed by atoms with Crippen molar-refractivity contribution in [3.8, 4) is 0 Å². The summed E-state index contributed by atoms with van der Waals surface area (Å²) in [6.07, 6.45) is 2.56. The first-order valence-corrected chi connectivity index (χ1v) is 6.16.